The van der Waals surface area contributed by atoms with Crippen molar-refractivity contribution in [2.45, 2.75) is 11.7 Å². The zero-order chi connectivity index (χ0) is 16.2. The molecule has 1 aromatic carbocycles. The number of amides is 1. The standard InChI is InChI=1S/C14H13N3O5S/c18-12(19)6-11-13(20)16-14(23-11)17-15-7-8-1-2-9-10(5-8)22-4-3-21-9/h1-2,5,7,11H,3-4,6H2,(H,18,19)(H,16,17,20). The lowest BCUT2D eigenvalue weighted by Gasteiger charge is -2.18. The largest absolute Gasteiger partial charge is 0.486 e. The van der Waals surface area contributed by atoms with E-state index in [1.165, 1.54) is 6.21 Å². The molecular weight excluding hydrogens is 322 g/mol. The van der Waals surface area contributed by atoms with Crippen LogP contribution in [-0.4, -0.2) is 46.8 Å². The van der Waals surface area contributed by atoms with Gasteiger partial charge in [-0.3, -0.25) is 9.59 Å². The maximum Gasteiger partial charge on any atom is 0.305 e. The van der Waals surface area contributed by atoms with E-state index >= 15 is 0 Å². The first-order chi connectivity index (χ1) is 11.1. The van der Waals surface area contributed by atoms with Crippen LogP contribution >= 0.6 is 11.8 Å². The van der Waals surface area contributed by atoms with E-state index < -0.39 is 11.2 Å². The number of carboxylic acid groups (broad SMARTS) is 1. The van der Waals surface area contributed by atoms with E-state index in [1.54, 1.807) is 12.1 Å². The molecular formula is C14H13N3O5S. The van der Waals surface area contributed by atoms with Crippen LogP contribution < -0.4 is 14.8 Å². The number of nitrogens with one attached hydrogen (secondary N) is 1. The van der Waals surface area contributed by atoms with Crippen molar-refractivity contribution in [3.8, 4) is 11.5 Å². The second kappa shape index (κ2) is 6.69. The van der Waals surface area contributed by atoms with E-state index in [0.29, 0.717) is 24.7 Å². The predicted octanol–water partition coefficient (Wildman–Crippen LogP) is 0.854. The number of ether oxygens (including phenoxy) is 2. The Balaban J connectivity index is 1.64. The number of carbonyl (C=O) groups is 2. The molecule has 1 saturated heterocycles. The highest BCUT2D eigenvalue weighted by Gasteiger charge is 2.32. The second-order valence-electron chi connectivity index (χ2n) is 4.75. The number of hydrogen-bond donors (Lipinski definition) is 2. The predicted molar refractivity (Wildman–Crippen MR) is 84.2 cm³/mol. The third-order valence-electron chi connectivity index (χ3n) is 3.06. The van der Waals surface area contributed by atoms with Crippen molar-refractivity contribution in [3.63, 3.8) is 0 Å². The molecule has 1 amide bonds. The van der Waals surface area contributed by atoms with Crippen LogP contribution in [0.4, 0.5) is 0 Å². The zero-order valence-corrected chi connectivity index (χ0v) is 12.7. The molecule has 0 saturated carbocycles. The Morgan fingerprint density at radius 1 is 1.39 bits per heavy atom. The van der Waals surface area contributed by atoms with E-state index in [9.17, 15) is 9.59 Å². The van der Waals surface area contributed by atoms with E-state index in [4.69, 9.17) is 14.6 Å². The van der Waals surface area contributed by atoms with Gasteiger partial charge in [0.15, 0.2) is 16.7 Å². The smallest absolute Gasteiger partial charge is 0.305 e. The van der Waals surface area contributed by atoms with Gasteiger partial charge in [-0.05, 0) is 23.8 Å². The number of carbonyl (C=O) groups excluding carboxylic acids is 1. The van der Waals surface area contributed by atoms with Crippen LogP contribution in [-0.2, 0) is 9.59 Å². The third-order valence-corrected chi connectivity index (χ3v) is 4.13. The Morgan fingerprint density at radius 3 is 2.96 bits per heavy atom. The lowest BCUT2D eigenvalue weighted by Crippen LogP contribution is -2.26. The van der Waals surface area contributed by atoms with Gasteiger partial charge in [0, 0.05) is 0 Å². The number of amidine groups is 1. The molecule has 9 heteroatoms. The van der Waals surface area contributed by atoms with Gasteiger partial charge in [-0.15, -0.1) is 5.10 Å². The van der Waals surface area contributed by atoms with Gasteiger partial charge in [0.1, 0.15) is 18.5 Å². The maximum absolute atomic E-state index is 11.6. The molecule has 2 heterocycles. The molecule has 1 fully saturated rings. The lowest BCUT2D eigenvalue weighted by atomic mass is 10.2. The molecule has 0 bridgehead atoms. The molecule has 1 aromatic rings. The summed E-state index contributed by atoms with van der Waals surface area (Å²) >= 11 is 1.06. The van der Waals surface area contributed by atoms with E-state index in [0.717, 1.165) is 17.3 Å². The molecule has 0 radical (unpaired) electrons. The van der Waals surface area contributed by atoms with Gasteiger partial charge >= 0.3 is 5.97 Å². The van der Waals surface area contributed by atoms with Gasteiger partial charge in [-0.2, -0.15) is 5.10 Å². The van der Waals surface area contributed by atoms with Crippen molar-refractivity contribution in [2.24, 2.45) is 10.2 Å². The van der Waals surface area contributed by atoms with Crippen molar-refractivity contribution in [1.82, 2.24) is 5.32 Å². The highest BCUT2D eigenvalue weighted by molar-refractivity contribution is 8.15. The molecule has 8 nitrogen and oxygen atoms in total. The normalized spacial score (nSPS) is 21.7. The number of thioether (sulfide) groups is 1. The number of hydrogen-bond acceptors (Lipinski definition) is 7. The van der Waals surface area contributed by atoms with Crippen LogP contribution in [0.5, 0.6) is 11.5 Å². The molecule has 120 valence electrons. The molecule has 1 atom stereocenters. The fourth-order valence-corrected chi connectivity index (χ4v) is 2.95. The minimum absolute atomic E-state index is 0.249. The van der Waals surface area contributed by atoms with Gasteiger partial charge in [0.2, 0.25) is 5.91 Å². The molecule has 0 spiro atoms. The van der Waals surface area contributed by atoms with Crippen molar-refractivity contribution in [1.29, 1.82) is 0 Å². The van der Waals surface area contributed by atoms with Crippen molar-refractivity contribution in [2.75, 3.05) is 13.2 Å². The fraction of sp³-hybridized carbons (Fsp3) is 0.286. The van der Waals surface area contributed by atoms with E-state index in [-0.39, 0.29) is 17.5 Å². The van der Waals surface area contributed by atoms with E-state index in [2.05, 4.69) is 15.5 Å². The van der Waals surface area contributed by atoms with Crippen LogP contribution in [0.2, 0.25) is 0 Å². The van der Waals surface area contributed by atoms with Gasteiger partial charge in [-0.25, -0.2) is 0 Å². The van der Waals surface area contributed by atoms with Crippen LogP contribution in [0.1, 0.15) is 12.0 Å². The number of benzene rings is 1. The summed E-state index contributed by atoms with van der Waals surface area (Å²) in [5.74, 6) is -0.0582. The topological polar surface area (TPSA) is 110 Å². The molecule has 1 unspecified atom stereocenters. The third kappa shape index (κ3) is 3.81. The fourth-order valence-electron chi connectivity index (χ4n) is 2.03. The van der Waals surface area contributed by atoms with Gasteiger partial charge in [0.25, 0.3) is 0 Å². The molecule has 2 aliphatic heterocycles. The minimum Gasteiger partial charge on any atom is -0.486 e. The molecule has 23 heavy (non-hydrogen) atoms. The number of nitrogens with zero attached hydrogens (tertiary/aromatic N) is 2. The summed E-state index contributed by atoms with van der Waals surface area (Å²) in [6, 6.07) is 5.38. The lowest BCUT2D eigenvalue weighted by molar-refractivity contribution is -0.138. The van der Waals surface area contributed by atoms with Gasteiger partial charge < -0.3 is 19.9 Å². The summed E-state index contributed by atoms with van der Waals surface area (Å²) in [5, 5.41) is 18.6. The van der Waals surface area contributed by atoms with Crippen molar-refractivity contribution in [3.05, 3.63) is 23.8 Å². The number of rotatable bonds is 4. The second-order valence-corrected chi connectivity index (χ2v) is 5.94. The quantitative estimate of drug-likeness (QED) is 0.624. The average Bonchev–Trinajstić information content (AvgIpc) is 2.86. The number of fused-ring (bicyclic) bond motifs is 1. The molecule has 0 aromatic heterocycles. The molecule has 0 aliphatic carbocycles. The summed E-state index contributed by atoms with van der Waals surface area (Å²) in [4.78, 5) is 22.2. The Hall–Kier alpha value is -2.55. The van der Waals surface area contributed by atoms with Crippen LogP contribution in [0, 0.1) is 0 Å². The molecule has 2 N–H and O–H groups in total. The summed E-state index contributed by atoms with van der Waals surface area (Å²) < 4.78 is 10.9. The van der Waals surface area contributed by atoms with Crippen LogP contribution in [0.15, 0.2) is 28.4 Å². The monoisotopic (exact) mass is 335 g/mol. The Labute approximate surface area is 135 Å². The first-order valence-electron chi connectivity index (χ1n) is 6.82. The summed E-state index contributed by atoms with van der Waals surface area (Å²) in [7, 11) is 0. The zero-order valence-electron chi connectivity index (χ0n) is 11.9. The number of aliphatic carboxylic acids is 1. The van der Waals surface area contributed by atoms with Gasteiger partial charge in [-0.1, -0.05) is 11.8 Å². The number of carboxylic acids is 1. The van der Waals surface area contributed by atoms with Crippen molar-refractivity contribution >= 4 is 35.0 Å². The summed E-state index contributed by atoms with van der Waals surface area (Å²) in [6.45, 7) is 1.03. The maximum atomic E-state index is 11.6. The van der Waals surface area contributed by atoms with E-state index in [1.807, 2.05) is 6.07 Å². The molecule has 3 rings (SSSR count). The summed E-state index contributed by atoms with van der Waals surface area (Å²) in [5.41, 5.74) is 0.773. The van der Waals surface area contributed by atoms with Crippen LogP contribution in [0.3, 0.4) is 0 Å². The highest BCUT2D eigenvalue weighted by Crippen LogP contribution is 2.30. The SMILES string of the molecule is O=C(O)CC1SC(=NN=Cc2ccc3c(c2)OCCO3)NC1=O. The van der Waals surface area contributed by atoms with Crippen LogP contribution in [0.25, 0.3) is 0 Å². The first kappa shape index (κ1) is 15.3. The Morgan fingerprint density at radius 2 is 2.17 bits per heavy atom. The van der Waals surface area contributed by atoms with Crippen molar-refractivity contribution < 1.29 is 24.2 Å². The average molecular weight is 335 g/mol. The highest BCUT2D eigenvalue weighted by atomic mass is 32.2. The Bertz CT molecular complexity index is 704. The summed E-state index contributed by atoms with van der Waals surface area (Å²) in [6.07, 6.45) is 1.27. The Kier molecular flexibility index (Phi) is 4.47. The first-order valence-corrected chi connectivity index (χ1v) is 7.70. The minimum atomic E-state index is -1.03. The van der Waals surface area contributed by atoms with Gasteiger partial charge in [0.05, 0.1) is 12.6 Å². The molecule has 2 aliphatic rings.